The predicted octanol–water partition coefficient (Wildman–Crippen LogP) is 4.60. The number of hydrogen-bond donors (Lipinski definition) is 0. The van der Waals surface area contributed by atoms with E-state index in [0.29, 0.717) is 12.0 Å². The lowest BCUT2D eigenvalue weighted by atomic mass is 10.0. The van der Waals surface area contributed by atoms with Crippen molar-refractivity contribution in [2.24, 2.45) is 7.05 Å². The van der Waals surface area contributed by atoms with E-state index < -0.39 is 23.7 Å². The monoisotopic (exact) mass is 370 g/mol. The molecule has 26 heavy (non-hydrogen) atoms. The Morgan fingerprint density at radius 1 is 1.27 bits per heavy atom. The van der Waals surface area contributed by atoms with E-state index in [9.17, 15) is 22.4 Å². The first kappa shape index (κ1) is 19.7. The van der Waals surface area contributed by atoms with Crippen molar-refractivity contribution in [1.29, 1.82) is 0 Å². The third kappa shape index (κ3) is 4.71. The van der Waals surface area contributed by atoms with Crippen LogP contribution in [0.5, 0.6) is 0 Å². The maximum atomic E-state index is 13.3. The van der Waals surface area contributed by atoms with Gasteiger partial charge < -0.3 is 4.74 Å². The number of alkyl halides is 3. The van der Waals surface area contributed by atoms with Crippen molar-refractivity contribution in [3.63, 3.8) is 0 Å². The van der Waals surface area contributed by atoms with Gasteiger partial charge in [-0.3, -0.25) is 4.68 Å². The summed E-state index contributed by atoms with van der Waals surface area (Å²) in [4.78, 5) is 11.7. The van der Waals surface area contributed by atoms with E-state index >= 15 is 0 Å². The highest BCUT2D eigenvalue weighted by Gasteiger charge is 2.38. The summed E-state index contributed by atoms with van der Waals surface area (Å²) in [7, 11) is 1.35. The highest BCUT2D eigenvalue weighted by molar-refractivity contribution is 5.89. The quantitative estimate of drug-likeness (QED) is 0.323. The molecule has 1 aromatic carbocycles. The van der Waals surface area contributed by atoms with Crippen molar-refractivity contribution < 1.29 is 27.1 Å². The first-order valence-corrected chi connectivity index (χ1v) is 7.99. The molecule has 0 saturated heterocycles. The predicted molar refractivity (Wildman–Crippen MR) is 88.5 cm³/mol. The molecule has 1 heterocycles. The molecule has 8 heteroatoms. The minimum absolute atomic E-state index is 0.120. The zero-order chi connectivity index (χ0) is 19.3. The smallest absolute Gasteiger partial charge is 0.435 e. The van der Waals surface area contributed by atoms with E-state index in [1.54, 1.807) is 0 Å². The molecule has 2 rings (SSSR count). The number of nitrogens with zero attached hydrogens (tertiary/aromatic N) is 2. The highest BCUT2D eigenvalue weighted by atomic mass is 19.4. The van der Waals surface area contributed by atoms with Crippen molar-refractivity contribution in [2.75, 3.05) is 6.61 Å². The number of aromatic nitrogens is 2. The molecule has 1 aromatic heterocycles. The molecule has 0 bridgehead atoms. The van der Waals surface area contributed by atoms with E-state index in [1.807, 2.05) is 6.92 Å². The molecule has 0 unspecified atom stereocenters. The topological polar surface area (TPSA) is 44.1 Å². The van der Waals surface area contributed by atoms with E-state index in [4.69, 9.17) is 4.74 Å². The lowest BCUT2D eigenvalue weighted by molar-refractivity contribution is -0.141. The Balaban J connectivity index is 2.44. The molecule has 0 spiro atoms. The summed E-state index contributed by atoms with van der Waals surface area (Å²) in [5, 5.41) is 3.53. The second kappa shape index (κ2) is 8.16. The SMILES string of the molecule is CCCCOC(=O)/C=C/c1c(C(F)(F)F)nn(C)c1-c1ccc(F)cc1. The lowest BCUT2D eigenvalue weighted by Crippen LogP contribution is -2.08. The average molecular weight is 370 g/mol. The summed E-state index contributed by atoms with van der Waals surface area (Å²) < 4.78 is 59.0. The fraction of sp³-hybridized carbons (Fsp3) is 0.333. The van der Waals surface area contributed by atoms with Crippen LogP contribution in [0.1, 0.15) is 31.0 Å². The zero-order valence-corrected chi connectivity index (χ0v) is 14.3. The van der Waals surface area contributed by atoms with Crippen LogP contribution in [0.15, 0.2) is 30.3 Å². The first-order valence-electron chi connectivity index (χ1n) is 7.99. The van der Waals surface area contributed by atoms with Crippen molar-refractivity contribution in [2.45, 2.75) is 25.9 Å². The summed E-state index contributed by atoms with van der Waals surface area (Å²) in [5.74, 6) is -1.25. The zero-order valence-electron chi connectivity index (χ0n) is 14.3. The molecular weight excluding hydrogens is 352 g/mol. The molecule has 0 aliphatic carbocycles. The third-order valence-corrected chi connectivity index (χ3v) is 3.60. The number of carbonyl (C=O) groups excluding carboxylic acids is 1. The Morgan fingerprint density at radius 2 is 1.92 bits per heavy atom. The van der Waals surface area contributed by atoms with Crippen molar-refractivity contribution in [3.05, 3.63) is 47.4 Å². The van der Waals surface area contributed by atoms with Gasteiger partial charge in [-0.15, -0.1) is 0 Å². The van der Waals surface area contributed by atoms with Gasteiger partial charge in [0.1, 0.15) is 5.82 Å². The molecule has 0 saturated carbocycles. The van der Waals surface area contributed by atoms with Gasteiger partial charge in [0.05, 0.1) is 12.3 Å². The second-order valence-electron chi connectivity index (χ2n) is 5.59. The summed E-state index contributed by atoms with van der Waals surface area (Å²) in [6.07, 6.45) is -1.24. The Labute approximate surface area is 148 Å². The minimum Gasteiger partial charge on any atom is -0.463 e. The van der Waals surface area contributed by atoms with Gasteiger partial charge in [0.2, 0.25) is 0 Å². The first-order chi connectivity index (χ1) is 12.2. The van der Waals surface area contributed by atoms with Crippen LogP contribution in [0, 0.1) is 5.82 Å². The number of benzene rings is 1. The third-order valence-electron chi connectivity index (χ3n) is 3.60. The van der Waals surface area contributed by atoms with Crippen LogP contribution in [-0.2, 0) is 22.8 Å². The van der Waals surface area contributed by atoms with Crippen LogP contribution in [0.25, 0.3) is 17.3 Å². The molecular formula is C18H18F4N2O2. The van der Waals surface area contributed by atoms with Crippen LogP contribution in [0.4, 0.5) is 17.6 Å². The van der Waals surface area contributed by atoms with Crippen LogP contribution in [-0.4, -0.2) is 22.4 Å². The van der Waals surface area contributed by atoms with Crippen LogP contribution >= 0.6 is 0 Å². The number of rotatable bonds is 6. The fourth-order valence-electron chi connectivity index (χ4n) is 2.37. The molecule has 0 N–H and O–H groups in total. The lowest BCUT2D eigenvalue weighted by Gasteiger charge is -2.06. The summed E-state index contributed by atoms with van der Waals surface area (Å²) in [5.41, 5.74) is -0.943. The number of unbranched alkanes of at least 4 members (excludes halogenated alkanes) is 1. The Kier molecular flexibility index (Phi) is 6.18. The number of carbonyl (C=O) groups is 1. The summed E-state index contributed by atoms with van der Waals surface area (Å²) in [6, 6.07) is 4.98. The van der Waals surface area contributed by atoms with Gasteiger partial charge in [-0.1, -0.05) is 13.3 Å². The van der Waals surface area contributed by atoms with Gasteiger partial charge in [0.15, 0.2) is 5.69 Å². The number of hydrogen-bond acceptors (Lipinski definition) is 3. The van der Waals surface area contributed by atoms with E-state index in [1.165, 1.54) is 19.2 Å². The highest BCUT2D eigenvalue weighted by Crippen LogP contribution is 2.37. The van der Waals surface area contributed by atoms with E-state index in [-0.39, 0.29) is 17.9 Å². The fourth-order valence-corrected chi connectivity index (χ4v) is 2.37. The molecule has 2 aromatic rings. The largest absolute Gasteiger partial charge is 0.463 e. The van der Waals surface area contributed by atoms with Crippen LogP contribution in [0.3, 0.4) is 0 Å². The second-order valence-corrected chi connectivity index (χ2v) is 5.59. The standard InChI is InChI=1S/C18H18F4N2O2/c1-3-4-11-26-15(25)10-9-14-16(12-5-7-13(19)8-6-12)24(2)23-17(14)18(20,21)22/h5-10H,3-4,11H2,1-2H3/b10-9+. The maximum absolute atomic E-state index is 13.3. The summed E-state index contributed by atoms with van der Waals surface area (Å²) >= 11 is 0. The number of halogens is 4. The molecule has 0 radical (unpaired) electrons. The molecule has 140 valence electrons. The Hall–Kier alpha value is -2.64. The van der Waals surface area contributed by atoms with Crippen molar-refractivity contribution >= 4 is 12.0 Å². The van der Waals surface area contributed by atoms with Gasteiger partial charge in [0.25, 0.3) is 0 Å². The number of aryl methyl sites for hydroxylation is 1. The van der Waals surface area contributed by atoms with Gasteiger partial charge in [-0.25, -0.2) is 9.18 Å². The number of ether oxygens (including phenoxy) is 1. The van der Waals surface area contributed by atoms with Crippen molar-refractivity contribution in [3.8, 4) is 11.3 Å². The minimum atomic E-state index is -4.71. The Bertz CT molecular complexity index is 793. The van der Waals surface area contributed by atoms with Crippen LogP contribution < -0.4 is 0 Å². The number of esters is 1. The normalized spacial score (nSPS) is 11.9. The Morgan fingerprint density at radius 3 is 2.50 bits per heavy atom. The van der Waals surface area contributed by atoms with Gasteiger partial charge >= 0.3 is 12.1 Å². The molecule has 0 aliphatic heterocycles. The molecule has 4 nitrogen and oxygen atoms in total. The van der Waals surface area contributed by atoms with E-state index in [0.717, 1.165) is 35.4 Å². The summed E-state index contributed by atoms with van der Waals surface area (Å²) in [6.45, 7) is 2.12. The molecule has 0 aliphatic rings. The van der Waals surface area contributed by atoms with Gasteiger partial charge in [-0.2, -0.15) is 18.3 Å². The van der Waals surface area contributed by atoms with Gasteiger partial charge in [0, 0.05) is 24.3 Å². The maximum Gasteiger partial charge on any atom is 0.435 e. The molecule has 0 atom stereocenters. The van der Waals surface area contributed by atoms with Crippen LogP contribution in [0.2, 0.25) is 0 Å². The molecule has 0 amide bonds. The average Bonchev–Trinajstić information content (AvgIpc) is 2.91. The molecule has 0 fully saturated rings. The van der Waals surface area contributed by atoms with Gasteiger partial charge in [-0.05, 0) is 36.8 Å². The van der Waals surface area contributed by atoms with E-state index in [2.05, 4.69) is 5.10 Å². The van der Waals surface area contributed by atoms with Crippen molar-refractivity contribution in [1.82, 2.24) is 9.78 Å².